The van der Waals surface area contributed by atoms with Crippen LogP contribution >= 0.6 is 0 Å². The van der Waals surface area contributed by atoms with Gasteiger partial charge in [0.2, 0.25) is 5.91 Å². The Balaban J connectivity index is 0.00000144. The third kappa shape index (κ3) is 4.64. The van der Waals surface area contributed by atoms with Crippen molar-refractivity contribution in [1.29, 1.82) is 0 Å². The summed E-state index contributed by atoms with van der Waals surface area (Å²) in [6.07, 6.45) is 2.08. The van der Waals surface area contributed by atoms with Gasteiger partial charge in [0, 0.05) is 25.5 Å². The molecule has 5 heteroatoms. The van der Waals surface area contributed by atoms with Crippen molar-refractivity contribution in [3.63, 3.8) is 0 Å². The number of rotatable bonds is 4. The molecule has 68 valence electrons. The fraction of sp³-hybridized carbons (Fsp3) is 0.750. The Bertz CT molecular complexity index is 196. The van der Waals surface area contributed by atoms with E-state index in [0.29, 0.717) is 19.4 Å². The zero-order valence-electron chi connectivity index (χ0n) is 7.91. The largest absolute Gasteiger partial charge is 1.00 e. The van der Waals surface area contributed by atoms with Crippen molar-refractivity contribution in [2.45, 2.75) is 25.7 Å². The van der Waals surface area contributed by atoms with Crippen LogP contribution in [0.15, 0.2) is 0 Å². The van der Waals surface area contributed by atoms with Crippen molar-refractivity contribution in [2.24, 2.45) is 0 Å². The van der Waals surface area contributed by atoms with Gasteiger partial charge in [-0.25, -0.2) is 0 Å². The van der Waals surface area contributed by atoms with Gasteiger partial charge in [-0.2, -0.15) is 0 Å². The SMILES string of the molecule is O=C([O-])CCCN1CCCC1=O.[Na+]. The molecule has 0 bridgehead atoms. The maximum Gasteiger partial charge on any atom is 1.00 e. The van der Waals surface area contributed by atoms with Crippen molar-refractivity contribution >= 4 is 11.9 Å². The maximum atomic E-state index is 11.0. The van der Waals surface area contributed by atoms with Gasteiger partial charge in [-0.15, -0.1) is 0 Å². The van der Waals surface area contributed by atoms with Crippen molar-refractivity contribution < 1.29 is 44.3 Å². The molecule has 0 atom stereocenters. The molecular weight excluding hydrogens is 181 g/mol. The van der Waals surface area contributed by atoms with Crippen LogP contribution in [-0.4, -0.2) is 29.9 Å². The van der Waals surface area contributed by atoms with Crippen LogP contribution < -0.4 is 34.7 Å². The van der Waals surface area contributed by atoms with Gasteiger partial charge in [0.05, 0.1) is 0 Å². The van der Waals surface area contributed by atoms with Gasteiger partial charge in [-0.1, -0.05) is 0 Å². The standard InChI is InChI=1S/C8H13NO3.Na/c10-7-3-1-5-9(7)6-2-4-8(11)12;/h1-6H2,(H,11,12);/q;+1/p-1. The van der Waals surface area contributed by atoms with E-state index >= 15 is 0 Å². The van der Waals surface area contributed by atoms with E-state index in [9.17, 15) is 14.7 Å². The topological polar surface area (TPSA) is 60.4 Å². The van der Waals surface area contributed by atoms with Gasteiger partial charge in [0.15, 0.2) is 0 Å². The van der Waals surface area contributed by atoms with Crippen molar-refractivity contribution in [3.8, 4) is 0 Å². The molecule has 1 fully saturated rings. The van der Waals surface area contributed by atoms with Crippen molar-refractivity contribution in [2.75, 3.05) is 13.1 Å². The Morgan fingerprint density at radius 1 is 1.54 bits per heavy atom. The molecule has 0 unspecified atom stereocenters. The number of hydrogen-bond donors (Lipinski definition) is 0. The third-order valence-electron chi connectivity index (χ3n) is 1.98. The number of aliphatic carboxylic acids is 1. The predicted octanol–water partition coefficient (Wildman–Crippen LogP) is -3.86. The Kier molecular flexibility index (Phi) is 6.37. The first-order chi connectivity index (χ1) is 5.70. The van der Waals surface area contributed by atoms with Gasteiger partial charge in [0.1, 0.15) is 0 Å². The van der Waals surface area contributed by atoms with E-state index in [-0.39, 0.29) is 41.9 Å². The molecule has 0 saturated carbocycles. The van der Waals surface area contributed by atoms with Crippen LogP contribution in [0.1, 0.15) is 25.7 Å². The average molecular weight is 193 g/mol. The molecule has 0 spiro atoms. The first-order valence-electron chi connectivity index (χ1n) is 4.18. The number of carboxylic acids is 1. The maximum absolute atomic E-state index is 11.0. The Labute approximate surface area is 99.6 Å². The average Bonchev–Trinajstić information content (AvgIpc) is 2.36. The van der Waals surface area contributed by atoms with E-state index in [1.807, 2.05) is 0 Å². The number of hydrogen-bond acceptors (Lipinski definition) is 3. The van der Waals surface area contributed by atoms with Gasteiger partial charge in [0.25, 0.3) is 0 Å². The zero-order chi connectivity index (χ0) is 8.97. The summed E-state index contributed by atoms with van der Waals surface area (Å²) in [5.74, 6) is -0.894. The summed E-state index contributed by atoms with van der Waals surface area (Å²) in [5.41, 5.74) is 0. The van der Waals surface area contributed by atoms with Crippen molar-refractivity contribution in [3.05, 3.63) is 0 Å². The molecule has 1 saturated heterocycles. The molecule has 0 aromatic heterocycles. The van der Waals surface area contributed by atoms with Crippen LogP contribution in [0.5, 0.6) is 0 Å². The summed E-state index contributed by atoms with van der Waals surface area (Å²) < 4.78 is 0. The first kappa shape index (κ1) is 12.9. The predicted molar refractivity (Wildman–Crippen MR) is 40.1 cm³/mol. The molecule has 0 aromatic rings. The molecule has 0 aliphatic carbocycles. The van der Waals surface area contributed by atoms with Crippen molar-refractivity contribution in [1.82, 2.24) is 4.90 Å². The minimum atomic E-state index is -1.04. The van der Waals surface area contributed by atoms with E-state index < -0.39 is 5.97 Å². The van der Waals surface area contributed by atoms with Crippen LogP contribution in [0.3, 0.4) is 0 Å². The Hall–Kier alpha value is -0.0600. The normalized spacial score (nSPS) is 15.7. The second-order valence-corrected chi connectivity index (χ2v) is 2.96. The number of likely N-dealkylation sites (tertiary alicyclic amines) is 1. The molecule has 0 N–H and O–H groups in total. The van der Waals surface area contributed by atoms with Crippen LogP contribution in [-0.2, 0) is 9.59 Å². The molecule has 4 nitrogen and oxygen atoms in total. The smallest absolute Gasteiger partial charge is 0.550 e. The molecule has 1 amide bonds. The second kappa shape index (κ2) is 6.40. The fourth-order valence-corrected chi connectivity index (χ4v) is 1.35. The summed E-state index contributed by atoms with van der Waals surface area (Å²) in [4.78, 5) is 22.8. The molecule has 0 aromatic carbocycles. The second-order valence-electron chi connectivity index (χ2n) is 2.96. The van der Waals surface area contributed by atoms with E-state index in [1.165, 1.54) is 0 Å². The molecule has 13 heavy (non-hydrogen) atoms. The molecule has 0 radical (unpaired) electrons. The minimum absolute atomic E-state index is 0. The van der Waals surface area contributed by atoms with Crippen LogP contribution in [0.4, 0.5) is 0 Å². The summed E-state index contributed by atoms with van der Waals surface area (Å²) in [7, 11) is 0. The van der Waals surface area contributed by atoms with Gasteiger partial charge in [-0.3, -0.25) is 4.79 Å². The monoisotopic (exact) mass is 193 g/mol. The van der Waals surface area contributed by atoms with E-state index in [2.05, 4.69) is 0 Å². The zero-order valence-corrected chi connectivity index (χ0v) is 9.91. The Morgan fingerprint density at radius 2 is 2.23 bits per heavy atom. The summed E-state index contributed by atoms with van der Waals surface area (Å²) in [6.45, 7) is 1.35. The number of carbonyl (C=O) groups is 2. The molecule has 1 aliphatic heterocycles. The number of amides is 1. The van der Waals surface area contributed by atoms with E-state index in [4.69, 9.17) is 0 Å². The molecule has 1 heterocycles. The van der Waals surface area contributed by atoms with Gasteiger partial charge in [-0.05, 0) is 19.3 Å². The first-order valence-corrected chi connectivity index (χ1v) is 4.18. The van der Waals surface area contributed by atoms with Crippen LogP contribution in [0, 0.1) is 0 Å². The van der Waals surface area contributed by atoms with Crippen LogP contribution in [0.25, 0.3) is 0 Å². The summed E-state index contributed by atoms with van der Waals surface area (Å²) in [5, 5.41) is 10.0. The van der Waals surface area contributed by atoms with Gasteiger partial charge >= 0.3 is 29.6 Å². The minimum Gasteiger partial charge on any atom is -0.550 e. The summed E-state index contributed by atoms with van der Waals surface area (Å²) in [6, 6.07) is 0. The van der Waals surface area contributed by atoms with E-state index in [1.54, 1.807) is 4.90 Å². The number of carbonyl (C=O) groups excluding carboxylic acids is 2. The van der Waals surface area contributed by atoms with Gasteiger partial charge < -0.3 is 14.8 Å². The Morgan fingerprint density at radius 3 is 2.69 bits per heavy atom. The third-order valence-corrected chi connectivity index (χ3v) is 1.98. The molecule has 1 rings (SSSR count). The molecular formula is C8H12NNaO3. The van der Waals surface area contributed by atoms with Crippen LogP contribution in [0.2, 0.25) is 0 Å². The summed E-state index contributed by atoms with van der Waals surface area (Å²) >= 11 is 0. The molecule has 1 aliphatic rings. The van der Waals surface area contributed by atoms with E-state index in [0.717, 1.165) is 13.0 Å². The number of nitrogens with zero attached hydrogens (tertiary/aromatic N) is 1. The quantitative estimate of drug-likeness (QED) is 0.429. The number of carboxylic acid groups (broad SMARTS) is 1. The fourth-order valence-electron chi connectivity index (χ4n) is 1.35.